The number of aliphatic imine (C=N–C) groups is 1. The molecule has 1 heterocycles. The zero-order valence-electron chi connectivity index (χ0n) is 9.32. The quantitative estimate of drug-likeness (QED) is 0.686. The first-order valence-electron chi connectivity index (χ1n) is 5.44. The number of halogens is 1. The normalized spacial score (nSPS) is 16.5. The molecule has 1 aliphatic carbocycles. The van der Waals surface area contributed by atoms with E-state index in [0.717, 1.165) is 13.0 Å². The maximum atomic E-state index is 5.90. The average molecular weight is 302 g/mol. The number of thiophene rings is 1. The zero-order chi connectivity index (χ0) is 11.5. The van der Waals surface area contributed by atoms with Gasteiger partial charge in [-0.2, -0.15) is 0 Å². The van der Waals surface area contributed by atoms with Crippen LogP contribution in [-0.2, 0) is 6.42 Å². The minimum atomic E-state index is 0.639. The van der Waals surface area contributed by atoms with E-state index in [2.05, 4.69) is 38.0 Å². The molecule has 3 nitrogen and oxygen atoms in total. The van der Waals surface area contributed by atoms with Crippen LogP contribution in [0.5, 0.6) is 0 Å². The van der Waals surface area contributed by atoms with Gasteiger partial charge in [0.2, 0.25) is 0 Å². The maximum absolute atomic E-state index is 5.90. The van der Waals surface area contributed by atoms with Crippen LogP contribution in [0.3, 0.4) is 0 Å². The first-order chi connectivity index (χ1) is 7.66. The first-order valence-corrected chi connectivity index (χ1v) is 7.04. The Labute approximate surface area is 108 Å². The van der Waals surface area contributed by atoms with Gasteiger partial charge in [0.25, 0.3) is 0 Å². The third-order valence-electron chi connectivity index (χ3n) is 2.72. The molecule has 0 atom stereocenters. The Kier molecular flexibility index (Phi) is 3.86. The van der Waals surface area contributed by atoms with E-state index in [-0.39, 0.29) is 0 Å². The lowest BCUT2D eigenvalue weighted by Gasteiger charge is -2.16. The van der Waals surface area contributed by atoms with Gasteiger partial charge >= 0.3 is 0 Å². The number of hydrogen-bond donors (Lipinski definition) is 1. The van der Waals surface area contributed by atoms with Gasteiger partial charge in [-0.3, -0.25) is 4.99 Å². The van der Waals surface area contributed by atoms with Gasteiger partial charge in [-0.05, 0) is 40.9 Å². The highest BCUT2D eigenvalue weighted by Gasteiger charge is 2.27. The Bertz CT molecular complexity index is 384. The molecule has 0 bridgehead atoms. The van der Waals surface area contributed by atoms with Gasteiger partial charge in [0, 0.05) is 30.9 Å². The summed E-state index contributed by atoms with van der Waals surface area (Å²) in [5, 5.41) is 0. The molecule has 1 aliphatic rings. The Morgan fingerprint density at radius 1 is 1.62 bits per heavy atom. The van der Waals surface area contributed by atoms with E-state index in [9.17, 15) is 0 Å². The molecule has 0 saturated heterocycles. The molecule has 0 aromatic carbocycles. The lowest BCUT2D eigenvalue weighted by molar-refractivity contribution is 0.487. The largest absolute Gasteiger partial charge is 0.370 e. The topological polar surface area (TPSA) is 41.6 Å². The molecule has 0 unspecified atom stereocenters. The highest BCUT2D eigenvalue weighted by atomic mass is 79.9. The molecule has 0 amide bonds. The molecule has 1 fully saturated rings. The van der Waals surface area contributed by atoms with E-state index in [1.54, 1.807) is 11.3 Å². The molecular weight excluding hydrogens is 286 g/mol. The average Bonchev–Trinajstić information content (AvgIpc) is 3.02. The van der Waals surface area contributed by atoms with Crippen molar-refractivity contribution in [3.63, 3.8) is 0 Å². The highest BCUT2D eigenvalue weighted by molar-refractivity contribution is 9.11. The van der Waals surface area contributed by atoms with Crippen molar-refractivity contribution in [3.05, 3.63) is 20.8 Å². The van der Waals surface area contributed by atoms with E-state index in [1.807, 2.05) is 7.05 Å². The predicted octanol–water partition coefficient (Wildman–Crippen LogP) is 2.46. The summed E-state index contributed by atoms with van der Waals surface area (Å²) in [4.78, 5) is 7.83. The fourth-order valence-electron chi connectivity index (χ4n) is 1.53. The molecule has 2 rings (SSSR count). The van der Waals surface area contributed by atoms with Crippen LogP contribution in [0.4, 0.5) is 0 Å². The minimum Gasteiger partial charge on any atom is -0.370 e. The molecule has 0 spiro atoms. The predicted molar refractivity (Wildman–Crippen MR) is 73.0 cm³/mol. The van der Waals surface area contributed by atoms with Gasteiger partial charge in [-0.25, -0.2) is 0 Å². The maximum Gasteiger partial charge on any atom is 0.191 e. The molecule has 1 aromatic rings. The smallest absolute Gasteiger partial charge is 0.191 e. The van der Waals surface area contributed by atoms with Crippen LogP contribution in [0.15, 0.2) is 20.9 Å². The minimum absolute atomic E-state index is 0.639. The third-order valence-corrected chi connectivity index (χ3v) is 4.40. The van der Waals surface area contributed by atoms with Crippen molar-refractivity contribution in [3.8, 4) is 0 Å². The fraction of sp³-hybridized carbons (Fsp3) is 0.545. The number of nitrogens with two attached hydrogens (primary N) is 1. The second-order valence-corrected chi connectivity index (χ2v) is 6.59. The number of guanidine groups is 1. The number of nitrogens with zero attached hydrogens (tertiary/aromatic N) is 2. The van der Waals surface area contributed by atoms with Crippen molar-refractivity contribution < 1.29 is 0 Å². The Morgan fingerprint density at radius 2 is 2.38 bits per heavy atom. The van der Waals surface area contributed by atoms with E-state index in [1.165, 1.54) is 21.5 Å². The molecule has 88 valence electrons. The standard InChI is InChI=1S/C11H16BrN3S/c1-15(8-2-3-8)11(13)14-7-6-9-4-5-10(12)16-9/h4-5,8H,2-3,6-7H2,1H3,(H2,13,14). The summed E-state index contributed by atoms with van der Waals surface area (Å²) < 4.78 is 1.18. The molecule has 1 aromatic heterocycles. The molecule has 16 heavy (non-hydrogen) atoms. The first kappa shape index (κ1) is 11.9. The summed E-state index contributed by atoms with van der Waals surface area (Å²) in [5.41, 5.74) is 5.90. The fourth-order valence-corrected chi connectivity index (χ4v) is 3.00. The molecule has 0 aliphatic heterocycles. The van der Waals surface area contributed by atoms with E-state index < -0.39 is 0 Å². The van der Waals surface area contributed by atoms with Crippen LogP contribution in [-0.4, -0.2) is 30.5 Å². The van der Waals surface area contributed by atoms with Gasteiger partial charge < -0.3 is 10.6 Å². The molecule has 1 saturated carbocycles. The van der Waals surface area contributed by atoms with Crippen molar-refractivity contribution in [1.82, 2.24) is 4.90 Å². The van der Waals surface area contributed by atoms with Gasteiger partial charge in [0.05, 0.1) is 3.79 Å². The van der Waals surface area contributed by atoms with Crippen molar-refractivity contribution in [1.29, 1.82) is 0 Å². The molecule has 0 radical (unpaired) electrons. The van der Waals surface area contributed by atoms with Crippen molar-refractivity contribution in [2.24, 2.45) is 10.7 Å². The summed E-state index contributed by atoms with van der Waals surface area (Å²) in [7, 11) is 2.03. The second kappa shape index (κ2) is 5.19. The molecular formula is C11H16BrN3S. The number of rotatable bonds is 4. The van der Waals surface area contributed by atoms with Crippen LogP contribution < -0.4 is 5.73 Å². The van der Waals surface area contributed by atoms with Gasteiger partial charge in [-0.1, -0.05) is 0 Å². The van der Waals surface area contributed by atoms with E-state index in [0.29, 0.717) is 12.0 Å². The zero-order valence-corrected chi connectivity index (χ0v) is 11.7. The van der Waals surface area contributed by atoms with Crippen LogP contribution in [0.2, 0.25) is 0 Å². The second-order valence-electron chi connectivity index (χ2n) is 4.04. The van der Waals surface area contributed by atoms with Crippen molar-refractivity contribution in [2.45, 2.75) is 25.3 Å². The van der Waals surface area contributed by atoms with Crippen LogP contribution in [0.25, 0.3) is 0 Å². The van der Waals surface area contributed by atoms with Crippen LogP contribution >= 0.6 is 27.3 Å². The highest BCUT2D eigenvalue weighted by Crippen LogP contribution is 2.25. The summed E-state index contributed by atoms with van der Waals surface area (Å²) in [5.74, 6) is 0.679. The van der Waals surface area contributed by atoms with E-state index in [4.69, 9.17) is 5.73 Å². The van der Waals surface area contributed by atoms with Gasteiger partial charge in [0.1, 0.15) is 0 Å². The van der Waals surface area contributed by atoms with E-state index >= 15 is 0 Å². The molecule has 2 N–H and O–H groups in total. The van der Waals surface area contributed by atoms with Crippen molar-refractivity contribution >= 4 is 33.2 Å². The monoisotopic (exact) mass is 301 g/mol. The Hall–Kier alpha value is -0.550. The Balaban J connectivity index is 1.79. The lowest BCUT2D eigenvalue weighted by Crippen LogP contribution is -2.35. The Morgan fingerprint density at radius 3 is 2.94 bits per heavy atom. The SMILES string of the molecule is CN(C(N)=NCCc1ccc(Br)s1)C1CC1. The van der Waals surface area contributed by atoms with Crippen LogP contribution in [0, 0.1) is 0 Å². The van der Waals surface area contributed by atoms with Gasteiger partial charge in [-0.15, -0.1) is 11.3 Å². The summed E-state index contributed by atoms with van der Waals surface area (Å²) in [6.45, 7) is 0.774. The molecule has 5 heteroatoms. The van der Waals surface area contributed by atoms with Crippen molar-refractivity contribution in [2.75, 3.05) is 13.6 Å². The third kappa shape index (κ3) is 3.22. The van der Waals surface area contributed by atoms with Gasteiger partial charge in [0.15, 0.2) is 5.96 Å². The summed E-state index contributed by atoms with van der Waals surface area (Å²) in [6, 6.07) is 4.84. The summed E-state index contributed by atoms with van der Waals surface area (Å²) >= 11 is 5.21. The number of hydrogen-bond acceptors (Lipinski definition) is 2. The van der Waals surface area contributed by atoms with Crippen LogP contribution in [0.1, 0.15) is 17.7 Å². The summed E-state index contributed by atoms with van der Waals surface area (Å²) in [6.07, 6.45) is 3.48. The lowest BCUT2D eigenvalue weighted by atomic mass is 10.3.